The number of carbonyl (C=O) groups excluding carboxylic acids is 4. The minimum absolute atomic E-state index is 0.135. The minimum atomic E-state index is -0.833. The van der Waals surface area contributed by atoms with Crippen LogP contribution in [0, 0.1) is 12.3 Å². The molecule has 0 radical (unpaired) electrons. The fourth-order valence-corrected chi connectivity index (χ4v) is 4.32. The molecule has 1 aromatic carbocycles. The van der Waals surface area contributed by atoms with Crippen LogP contribution in [0.2, 0.25) is 0 Å². The van der Waals surface area contributed by atoms with E-state index < -0.39 is 17.9 Å². The summed E-state index contributed by atoms with van der Waals surface area (Å²) in [5, 5.41) is 4.21. The number of carbonyl (C=O) groups is 4. The Hall–Kier alpha value is -3.53. The Morgan fingerprint density at radius 1 is 1.10 bits per heavy atom. The van der Waals surface area contributed by atoms with E-state index in [4.69, 9.17) is 6.42 Å². The van der Waals surface area contributed by atoms with Crippen molar-refractivity contribution >= 4 is 23.4 Å². The molecule has 1 unspecified atom stereocenters. The van der Waals surface area contributed by atoms with Crippen LogP contribution in [0.3, 0.4) is 0 Å². The van der Waals surface area contributed by atoms with E-state index in [0.29, 0.717) is 17.5 Å². The van der Waals surface area contributed by atoms with Crippen molar-refractivity contribution in [3.8, 4) is 12.3 Å². The molecular weight excluding hydrogens is 394 g/mol. The lowest BCUT2D eigenvalue weighted by Crippen LogP contribution is -2.47. The van der Waals surface area contributed by atoms with Crippen LogP contribution in [-0.4, -0.2) is 44.1 Å². The maximum absolute atomic E-state index is 13.1. The first-order valence-corrected chi connectivity index (χ1v) is 10.5. The zero-order valence-corrected chi connectivity index (χ0v) is 17.2. The van der Waals surface area contributed by atoms with Gasteiger partial charge in [-0.05, 0) is 37.3 Å². The number of terminal acetylenes is 1. The minimum Gasteiger partial charge on any atom is -0.299 e. The van der Waals surface area contributed by atoms with Gasteiger partial charge in [0.15, 0.2) is 5.78 Å². The van der Waals surface area contributed by atoms with E-state index >= 15 is 0 Å². The molecule has 2 heterocycles. The quantitative estimate of drug-likeness (QED) is 0.299. The van der Waals surface area contributed by atoms with Gasteiger partial charge in [0.05, 0.1) is 35.3 Å². The number of Topliss-reactive ketones (excluding diaryl/α,β-unsaturated/α-hetero) is 2. The van der Waals surface area contributed by atoms with Crippen molar-refractivity contribution in [3.63, 3.8) is 0 Å². The molecule has 4 rings (SSSR count). The highest BCUT2D eigenvalue weighted by molar-refractivity contribution is 6.24. The monoisotopic (exact) mass is 417 g/mol. The fraction of sp³-hybridized carbons (Fsp3) is 0.375. The normalized spacial score (nSPS) is 18.4. The molecule has 7 heteroatoms. The summed E-state index contributed by atoms with van der Waals surface area (Å²) in [5.74, 6) is 1.22. The van der Waals surface area contributed by atoms with Gasteiger partial charge in [-0.25, -0.2) is 0 Å². The summed E-state index contributed by atoms with van der Waals surface area (Å²) in [6, 6.07) is 4.45. The summed E-state index contributed by atoms with van der Waals surface area (Å²) in [5.41, 5.74) is 2.34. The highest BCUT2D eigenvalue weighted by Gasteiger charge is 2.45. The molecule has 7 nitrogen and oxygen atoms in total. The highest BCUT2D eigenvalue weighted by atomic mass is 16.2. The van der Waals surface area contributed by atoms with Crippen molar-refractivity contribution in [2.24, 2.45) is 0 Å². The van der Waals surface area contributed by atoms with Gasteiger partial charge >= 0.3 is 0 Å². The van der Waals surface area contributed by atoms with E-state index in [2.05, 4.69) is 11.0 Å². The van der Waals surface area contributed by atoms with Gasteiger partial charge in [-0.15, -0.1) is 6.42 Å². The molecule has 0 N–H and O–H groups in total. The third-order valence-corrected chi connectivity index (χ3v) is 5.92. The van der Waals surface area contributed by atoms with Crippen LogP contribution in [0.15, 0.2) is 30.6 Å². The van der Waals surface area contributed by atoms with Crippen LogP contribution in [-0.2, 0) is 22.6 Å². The number of nitrogens with zero attached hydrogens (tertiary/aromatic N) is 3. The Morgan fingerprint density at radius 2 is 1.94 bits per heavy atom. The lowest BCUT2D eigenvalue weighted by atomic mass is 9.92. The molecule has 1 fully saturated rings. The van der Waals surface area contributed by atoms with Gasteiger partial charge in [0.25, 0.3) is 11.8 Å². The van der Waals surface area contributed by atoms with Gasteiger partial charge in [-0.1, -0.05) is 24.5 Å². The zero-order chi connectivity index (χ0) is 22.0. The summed E-state index contributed by atoms with van der Waals surface area (Å²) < 4.78 is 1.82. The molecule has 0 bridgehead atoms. The molecule has 0 saturated heterocycles. The molecule has 1 aliphatic carbocycles. The van der Waals surface area contributed by atoms with Crippen LogP contribution >= 0.6 is 0 Å². The van der Waals surface area contributed by atoms with Gasteiger partial charge in [-0.3, -0.25) is 28.8 Å². The van der Waals surface area contributed by atoms with E-state index in [9.17, 15) is 19.2 Å². The number of benzene rings is 1. The molecule has 2 amide bonds. The first-order valence-electron chi connectivity index (χ1n) is 10.5. The number of amides is 2. The Balaban J connectivity index is 1.39. The molecule has 2 aromatic rings. The third-order valence-electron chi connectivity index (χ3n) is 5.92. The molecule has 1 saturated carbocycles. The van der Waals surface area contributed by atoms with Gasteiger partial charge in [-0.2, -0.15) is 5.10 Å². The smallest absolute Gasteiger partial charge is 0.262 e. The molecule has 1 atom stereocenters. The Bertz CT molecular complexity index is 1110. The maximum atomic E-state index is 13.1. The standard InChI is InChI=1S/C24H23N3O4/c1-2-16-14-25-26(15-16)12-5-3-4-7-17-8-6-9-19-22(17)24(31)27(23(19)30)20-11-10-18(28)13-21(20)29/h1,6,8-9,14-15,20H,3-5,7,10-13H2. The van der Waals surface area contributed by atoms with E-state index in [-0.39, 0.29) is 30.8 Å². The first-order chi connectivity index (χ1) is 15.0. The second kappa shape index (κ2) is 8.68. The number of ketones is 2. The van der Waals surface area contributed by atoms with E-state index in [0.717, 1.165) is 41.8 Å². The van der Waals surface area contributed by atoms with Crippen molar-refractivity contribution in [3.05, 3.63) is 52.8 Å². The van der Waals surface area contributed by atoms with Crippen LogP contribution < -0.4 is 0 Å². The van der Waals surface area contributed by atoms with E-state index in [1.54, 1.807) is 18.3 Å². The number of aryl methyl sites for hydroxylation is 2. The van der Waals surface area contributed by atoms with Crippen LogP contribution in [0.25, 0.3) is 0 Å². The van der Waals surface area contributed by atoms with Crippen molar-refractivity contribution in [1.82, 2.24) is 14.7 Å². The molecular formula is C24H23N3O4. The largest absolute Gasteiger partial charge is 0.299 e. The maximum Gasteiger partial charge on any atom is 0.262 e. The number of hydrogen-bond acceptors (Lipinski definition) is 5. The molecule has 31 heavy (non-hydrogen) atoms. The third kappa shape index (κ3) is 4.06. The predicted octanol–water partition coefficient (Wildman–Crippen LogP) is 2.56. The second-order valence-electron chi connectivity index (χ2n) is 8.00. The molecule has 1 aliphatic heterocycles. The number of fused-ring (bicyclic) bond motifs is 1. The lowest BCUT2D eigenvalue weighted by molar-refractivity contribution is -0.132. The predicted molar refractivity (Wildman–Crippen MR) is 112 cm³/mol. The highest BCUT2D eigenvalue weighted by Crippen LogP contribution is 2.31. The number of imide groups is 1. The average molecular weight is 417 g/mol. The van der Waals surface area contributed by atoms with Crippen molar-refractivity contribution in [1.29, 1.82) is 0 Å². The molecule has 158 valence electrons. The Labute approximate surface area is 180 Å². The number of unbranched alkanes of at least 4 members (excludes halogenated alkanes) is 2. The van der Waals surface area contributed by atoms with Gasteiger partial charge in [0.2, 0.25) is 0 Å². The topological polar surface area (TPSA) is 89.3 Å². The molecule has 1 aromatic heterocycles. The number of aromatic nitrogens is 2. The van der Waals surface area contributed by atoms with E-state index in [1.165, 1.54) is 0 Å². The van der Waals surface area contributed by atoms with Crippen molar-refractivity contribution in [2.45, 2.75) is 57.5 Å². The van der Waals surface area contributed by atoms with E-state index in [1.807, 2.05) is 16.9 Å². The van der Waals surface area contributed by atoms with Crippen molar-refractivity contribution in [2.75, 3.05) is 0 Å². The summed E-state index contributed by atoms with van der Waals surface area (Å²) in [6.07, 6.45) is 12.5. The summed E-state index contributed by atoms with van der Waals surface area (Å²) in [6.45, 7) is 0.766. The summed E-state index contributed by atoms with van der Waals surface area (Å²) in [4.78, 5) is 50.9. The first kappa shape index (κ1) is 20.7. The van der Waals surface area contributed by atoms with Crippen LogP contribution in [0.5, 0.6) is 0 Å². The van der Waals surface area contributed by atoms with Gasteiger partial charge in [0, 0.05) is 19.2 Å². The number of rotatable bonds is 7. The average Bonchev–Trinajstić information content (AvgIpc) is 3.32. The van der Waals surface area contributed by atoms with Gasteiger partial charge in [0.1, 0.15) is 5.78 Å². The molecule has 0 spiro atoms. The van der Waals surface area contributed by atoms with Gasteiger partial charge < -0.3 is 0 Å². The van der Waals surface area contributed by atoms with Crippen molar-refractivity contribution < 1.29 is 19.2 Å². The Morgan fingerprint density at radius 3 is 2.68 bits per heavy atom. The number of hydrogen-bond donors (Lipinski definition) is 0. The molecule has 2 aliphatic rings. The van der Waals surface area contributed by atoms with Crippen LogP contribution in [0.1, 0.15) is 70.4 Å². The second-order valence-corrected chi connectivity index (χ2v) is 8.00. The zero-order valence-electron chi connectivity index (χ0n) is 17.2. The van der Waals surface area contributed by atoms with Crippen LogP contribution in [0.4, 0.5) is 0 Å². The SMILES string of the molecule is C#Cc1cnn(CCCCCc2cccc3c2C(=O)N(C2CCC(=O)CC2=O)C3=O)c1. The lowest BCUT2D eigenvalue weighted by Gasteiger charge is -2.27. The summed E-state index contributed by atoms with van der Waals surface area (Å²) >= 11 is 0. The Kier molecular flexibility index (Phi) is 5.81. The fourth-order valence-electron chi connectivity index (χ4n) is 4.32. The summed E-state index contributed by atoms with van der Waals surface area (Å²) in [7, 11) is 0.